The predicted octanol–water partition coefficient (Wildman–Crippen LogP) is 2.84. The van der Waals surface area contributed by atoms with Crippen molar-refractivity contribution >= 4 is 38.6 Å². The minimum absolute atomic E-state index is 0.143. The number of H-pyrrole nitrogens is 1. The number of aromatic nitrogens is 4. The van der Waals surface area contributed by atoms with Gasteiger partial charge in [0.05, 0.1) is 22.8 Å². The molecule has 27 heavy (non-hydrogen) atoms. The van der Waals surface area contributed by atoms with Crippen molar-refractivity contribution in [3.8, 4) is 0 Å². The molecule has 0 radical (unpaired) electrons. The summed E-state index contributed by atoms with van der Waals surface area (Å²) in [6.07, 6.45) is 7.37. The third kappa shape index (κ3) is 3.12. The standard InChI is InChI=1S/C19H16BrN5O2/c1-10-6-11(2)23-19(27)14(10)8-21-18(26)13-7-16(20)24-17-15(13)9-22-25(17)12-4-3-5-12/h3-7,9H,8H2,1-2H3,(H,21,26)(H,23,27). The molecule has 0 aliphatic heterocycles. The van der Waals surface area contributed by atoms with E-state index in [0.717, 1.165) is 17.0 Å². The molecule has 1 amide bonds. The Morgan fingerprint density at radius 2 is 2.11 bits per heavy atom. The summed E-state index contributed by atoms with van der Waals surface area (Å²) in [6, 6.07) is 3.54. The summed E-state index contributed by atoms with van der Waals surface area (Å²) < 4.78 is 2.22. The molecule has 0 saturated carbocycles. The lowest BCUT2D eigenvalue weighted by molar-refractivity contribution is 0.0952. The molecular formula is C19H16BrN5O2. The van der Waals surface area contributed by atoms with E-state index in [1.807, 2.05) is 38.1 Å². The molecule has 2 N–H and O–H groups in total. The van der Waals surface area contributed by atoms with Crippen LogP contribution in [0.1, 0.15) is 27.2 Å². The highest BCUT2D eigenvalue weighted by Crippen LogP contribution is 2.25. The molecule has 0 unspecified atom stereocenters. The quantitative estimate of drug-likeness (QED) is 0.628. The molecule has 1 aliphatic carbocycles. The van der Waals surface area contributed by atoms with E-state index in [4.69, 9.17) is 0 Å². The van der Waals surface area contributed by atoms with Crippen molar-refractivity contribution in [1.29, 1.82) is 0 Å². The van der Waals surface area contributed by atoms with Gasteiger partial charge in [0.1, 0.15) is 4.60 Å². The molecule has 8 heteroatoms. The second-order valence-electron chi connectivity index (χ2n) is 6.36. The number of pyridine rings is 2. The van der Waals surface area contributed by atoms with E-state index < -0.39 is 0 Å². The van der Waals surface area contributed by atoms with Crippen LogP contribution in [0.25, 0.3) is 16.7 Å². The fraction of sp³-hybridized carbons (Fsp3) is 0.158. The molecule has 136 valence electrons. The lowest BCUT2D eigenvalue weighted by Crippen LogP contribution is -2.28. The van der Waals surface area contributed by atoms with Gasteiger partial charge < -0.3 is 10.3 Å². The first kappa shape index (κ1) is 17.4. The zero-order chi connectivity index (χ0) is 19.1. The van der Waals surface area contributed by atoms with E-state index in [1.54, 1.807) is 16.9 Å². The maximum Gasteiger partial charge on any atom is 0.253 e. The fourth-order valence-corrected chi connectivity index (χ4v) is 3.43. The van der Waals surface area contributed by atoms with Gasteiger partial charge in [0, 0.05) is 17.8 Å². The van der Waals surface area contributed by atoms with Gasteiger partial charge in [-0.15, -0.1) is 0 Å². The van der Waals surface area contributed by atoms with E-state index in [0.29, 0.717) is 26.8 Å². The van der Waals surface area contributed by atoms with Crippen molar-refractivity contribution in [1.82, 2.24) is 25.1 Å². The van der Waals surface area contributed by atoms with Crippen LogP contribution in [0.4, 0.5) is 0 Å². The van der Waals surface area contributed by atoms with E-state index >= 15 is 0 Å². The zero-order valence-electron chi connectivity index (χ0n) is 14.7. The number of nitrogens with zero attached hydrogens (tertiary/aromatic N) is 3. The van der Waals surface area contributed by atoms with Gasteiger partial charge in [-0.2, -0.15) is 5.10 Å². The molecule has 0 bridgehead atoms. The van der Waals surface area contributed by atoms with Crippen molar-refractivity contribution in [3.63, 3.8) is 0 Å². The first-order chi connectivity index (χ1) is 12.9. The highest BCUT2D eigenvalue weighted by Gasteiger charge is 2.18. The van der Waals surface area contributed by atoms with Crippen LogP contribution >= 0.6 is 15.9 Å². The number of fused-ring (bicyclic) bond motifs is 1. The number of aromatic amines is 1. The smallest absolute Gasteiger partial charge is 0.253 e. The van der Waals surface area contributed by atoms with Crippen LogP contribution in [0.3, 0.4) is 0 Å². The third-order valence-electron chi connectivity index (χ3n) is 4.45. The van der Waals surface area contributed by atoms with E-state index in [1.165, 1.54) is 0 Å². The van der Waals surface area contributed by atoms with Crippen LogP contribution in [0.5, 0.6) is 0 Å². The average molecular weight is 426 g/mol. The SMILES string of the molecule is Cc1cc(C)c(CNC(=O)c2cc(Br)nc3c2cnn3C2=CC=C2)c(=O)[nH]1. The van der Waals surface area contributed by atoms with Gasteiger partial charge in [-0.1, -0.05) is 6.08 Å². The molecule has 3 aromatic rings. The number of carbonyl (C=O) groups is 1. The summed E-state index contributed by atoms with van der Waals surface area (Å²) in [5.74, 6) is -0.292. The summed E-state index contributed by atoms with van der Waals surface area (Å²) in [4.78, 5) is 32.1. The molecule has 0 aromatic carbocycles. The maximum absolute atomic E-state index is 12.8. The van der Waals surface area contributed by atoms with Gasteiger partial charge in [0.15, 0.2) is 5.65 Å². The van der Waals surface area contributed by atoms with Crippen LogP contribution in [0.2, 0.25) is 0 Å². The Morgan fingerprint density at radius 3 is 2.78 bits per heavy atom. The summed E-state index contributed by atoms with van der Waals surface area (Å²) in [5.41, 5.74) is 3.93. The Bertz CT molecular complexity index is 1200. The molecule has 3 heterocycles. The monoisotopic (exact) mass is 425 g/mol. The lowest BCUT2D eigenvalue weighted by Gasteiger charge is -2.10. The van der Waals surface area contributed by atoms with Gasteiger partial charge >= 0.3 is 0 Å². The molecule has 7 nitrogen and oxygen atoms in total. The topological polar surface area (TPSA) is 92.7 Å². The normalized spacial score (nSPS) is 12.8. The fourth-order valence-electron chi connectivity index (χ4n) is 3.04. The van der Waals surface area contributed by atoms with Gasteiger partial charge in [-0.3, -0.25) is 9.59 Å². The molecule has 4 rings (SSSR count). The van der Waals surface area contributed by atoms with Crippen LogP contribution in [0, 0.1) is 13.8 Å². The van der Waals surface area contributed by atoms with Crippen LogP contribution in [-0.4, -0.2) is 25.7 Å². The average Bonchev–Trinajstić information content (AvgIpc) is 2.94. The number of hydrogen-bond acceptors (Lipinski definition) is 4. The Hall–Kier alpha value is -3.00. The molecule has 3 aromatic heterocycles. The number of rotatable bonds is 4. The highest BCUT2D eigenvalue weighted by atomic mass is 79.9. The minimum Gasteiger partial charge on any atom is -0.348 e. The van der Waals surface area contributed by atoms with Gasteiger partial charge in [0.25, 0.3) is 11.5 Å². The Morgan fingerprint density at radius 1 is 1.33 bits per heavy atom. The summed E-state index contributed by atoms with van der Waals surface area (Å²) >= 11 is 3.36. The molecule has 0 spiro atoms. The second-order valence-corrected chi connectivity index (χ2v) is 7.18. The molecule has 0 saturated heterocycles. The van der Waals surface area contributed by atoms with Gasteiger partial charge in [0.2, 0.25) is 0 Å². The maximum atomic E-state index is 12.8. The van der Waals surface area contributed by atoms with E-state index in [2.05, 4.69) is 36.3 Å². The van der Waals surface area contributed by atoms with Crippen molar-refractivity contribution in [2.24, 2.45) is 0 Å². The first-order valence-electron chi connectivity index (χ1n) is 8.34. The number of aryl methyl sites for hydroxylation is 2. The molecule has 0 fully saturated rings. The summed E-state index contributed by atoms with van der Waals surface area (Å²) in [6.45, 7) is 3.82. The van der Waals surface area contributed by atoms with Crippen molar-refractivity contribution in [3.05, 3.63) is 73.9 Å². The number of amides is 1. The Kier molecular flexibility index (Phi) is 4.27. The number of carbonyl (C=O) groups excluding carboxylic acids is 1. The Balaban J connectivity index is 1.65. The van der Waals surface area contributed by atoms with Crippen LogP contribution < -0.4 is 10.9 Å². The summed E-state index contributed by atoms with van der Waals surface area (Å²) in [5, 5.41) is 7.81. The predicted molar refractivity (Wildman–Crippen MR) is 106 cm³/mol. The van der Waals surface area contributed by atoms with E-state index in [-0.39, 0.29) is 18.0 Å². The minimum atomic E-state index is -0.292. The van der Waals surface area contributed by atoms with Crippen LogP contribution in [-0.2, 0) is 6.54 Å². The van der Waals surface area contributed by atoms with Crippen molar-refractivity contribution in [2.75, 3.05) is 0 Å². The largest absolute Gasteiger partial charge is 0.348 e. The third-order valence-corrected chi connectivity index (χ3v) is 4.86. The second kappa shape index (κ2) is 6.62. The van der Waals surface area contributed by atoms with Crippen molar-refractivity contribution in [2.45, 2.75) is 20.4 Å². The molecular weight excluding hydrogens is 410 g/mol. The number of halogens is 1. The van der Waals surface area contributed by atoms with Gasteiger partial charge in [-0.25, -0.2) is 9.67 Å². The first-order valence-corrected chi connectivity index (χ1v) is 9.14. The van der Waals surface area contributed by atoms with Crippen LogP contribution in [0.15, 0.2) is 46.0 Å². The van der Waals surface area contributed by atoms with E-state index in [9.17, 15) is 9.59 Å². The molecule has 1 aliphatic rings. The summed E-state index contributed by atoms with van der Waals surface area (Å²) in [7, 11) is 0. The van der Waals surface area contributed by atoms with Gasteiger partial charge in [-0.05, 0) is 59.6 Å². The highest BCUT2D eigenvalue weighted by molar-refractivity contribution is 9.10. The number of allylic oxidation sites excluding steroid dienone is 4. The zero-order valence-corrected chi connectivity index (χ0v) is 16.3. The number of hydrogen-bond donors (Lipinski definition) is 2. The Labute approximate surface area is 162 Å². The molecule has 0 atom stereocenters. The van der Waals surface area contributed by atoms with Crippen molar-refractivity contribution < 1.29 is 4.79 Å². The lowest BCUT2D eigenvalue weighted by atomic mass is 10.1. The number of nitrogens with one attached hydrogen (secondary N) is 2.